The Morgan fingerprint density at radius 3 is 2.86 bits per heavy atom. The summed E-state index contributed by atoms with van der Waals surface area (Å²) in [6.07, 6.45) is 1.31. The highest BCUT2D eigenvalue weighted by molar-refractivity contribution is 7.16. The van der Waals surface area contributed by atoms with Gasteiger partial charge in [-0.25, -0.2) is 8.78 Å². The largest absolute Gasteiger partial charge is 0.312 e. The molecule has 2 aromatic rings. The van der Waals surface area contributed by atoms with Crippen molar-refractivity contribution in [3.63, 3.8) is 0 Å². The van der Waals surface area contributed by atoms with Crippen molar-refractivity contribution in [1.82, 2.24) is 0 Å². The summed E-state index contributed by atoms with van der Waals surface area (Å²) >= 11 is 7.28. The van der Waals surface area contributed by atoms with Gasteiger partial charge in [-0.15, -0.1) is 11.3 Å². The minimum absolute atomic E-state index is 0.122. The molecule has 1 aromatic carbocycles. The third-order valence-corrected chi connectivity index (χ3v) is 4.82. The number of nitrogens with zero attached hydrogens (tertiary/aromatic N) is 1. The number of anilines is 1. The van der Waals surface area contributed by atoms with Crippen LogP contribution in [-0.2, 0) is 17.6 Å². The lowest BCUT2D eigenvalue weighted by molar-refractivity contribution is -0.118. The number of hydrogen-bond acceptors (Lipinski definition) is 2. The maximum absolute atomic E-state index is 13.7. The summed E-state index contributed by atoms with van der Waals surface area (Å²) in [5.74, 6) is -1.36. The Balaban J connectivity index is 1.73. The Labute approximate surface area is 130 Å². The molecule has 0 atom stereocenters. The molecular formula is C15H12ClF2NOS. The summed E-state index contributed by atoms with van der Waals surface area (Å²) in [5, 5.41) is 0. The molecule has 6 heteroatoms. The summed E-state index contributed by atoms with van der Waals surface area (Å²) in [6, 6.07) is 5.77. The standard InChI is InChI=1S/C15H12ClF2NOS/c16-14-3-1-10(21-14)2-4-15(20)19-6-5-11-12(18)7-9(17)8-13(11)19/h1,3,7-8H,2,4-6H2. The highest BCUT2D eigenvalue weighted by Gasteiger charge is 2.27. The number of thiophene rings is 1. The molecule has 110 valence electrons. The quantitative estimate of drug-likeness (QED) is 0.827. The Kier molecular flexibility index (Phi) is 3.95. The molecule has 2 heterocycles. The van der Waals surface area contributed by atoms with Gasteiger partial charge >= 0.3 is 0 Å². The van der Waals surface area contributed by atoms with Crippen LogP contribution in [0.4, 0.5) is 14.5 Å². The van der Waals surface area contributed by atoms with Gasteiger partial charge in [0.25, 0.3) is 0 Å². The molecule has 1 aliphatic rings. The fourth-order valence-electron chi connectivity index (χ4n) is 2.53. The van der Waals surface area contributed by atoms with Gasteiger partial charge < -0.3 is 4.90 Å². The number of hydrogen-bond donors (Lipinski definition) is 0. The second-order valence-corrected chi connectivity index (χ2v) is 6.69. The van der Waals surface area contributed by atoms with Crippen molar-refractivity contribution in [2.24, 2.45) is 0 Å². The van der Waals surface area contributed by atoms with Gasteiger partial charge in [-0.2, -0.15) is 0 Å². The van der Waals surface area contributed by atoms with E-state index < -0.39 is 11.6 Å². The van der Waals surface area contributed by atoms with Gasteiger partial charge in [0, 0.05) is 29.5 Å². The fourth-order valence-corrected chi connectivity index (χ4v) is 3.62. The van der Waals surface area contributed by atoms with Crippen LogP contribution in [0, 0.1) is 11.6 Å². The van der Waals surface area contributed by atoms with Crippen LogP contribution in [-0.4, -0.2) is 12.5 Å². The maximum Gasteiger partial charge on any atom is 0.227 e. The molecule has 3 rings (SSSR count). The lowest BCUT2D eigenvalue weighted by atomic mass is 10.1. The Bertz CT molecular complexity index is 701. The van der Waals surface area contributed by atoms with Crippen molar-refractivity contribution in [3.05, 3.63) is 50.7 Å². The second kappa shape index (κ2) is 5.73. The molecule has 0 spiro atoms. The summed E-state index contributed by atoms with van der Waals surface area (Å²) in [5.41, 5.74) is 0.783. The third-order valence-electron chi connectivity index (χ3n) is 3.53. The van der Waals surface area contributed by atoms with E-state index in [1.807, 2.05) is 6.07 Å². The van der Waals surface area contributed by atoms with E-state index in [9.17, 15) is 13.6 Å². The predicted octanol–water partition coefficient (Wildman–Crippen LogP) is 4.20. The van der Waals surface area contributed by atoms with Crippen LogP contribution in [0.2, 0.25) is 4.34 Å². The first-order valence-electron chi connectivity index (χ1n) is 6.57. The van der Waals surface area contributed by atoms with Crippen LogP contribution < -0.4 is 4.90 Å². The number of rotatable bonds is 3. The fraction of sp³-hybridized carbons (Fsp3) is 0.267. The zero-order chi connectivity index (χ0) is 15.0. The van der Waals surface area contributed by atoms with Gasteiger partial charge in [0.2, 0.25) is 5.91 Å². The molecular weight excluding hydrogens is 316 g/mol. The van der Waals surface area contributed by atoms with Gasteiger partial charge in [-0.3, -0.25) is 4.79 Å². The zero-order valence-corrected chi connectivity index (χ0v) is 12.6. The minimum Gasteiger partial charge on any atom is -0.312 e. The lowest BCUT2D eigenvalue weighted by Gasteiger charge is -2.17. The monoisotopic (exact) mass is 327 g/mol. The molecule has 1 amide bonds. The van der Waals surface area contributed by atoms with Crippen molar-refractivity contribution in [2.75, 3.05) is 11.4 Å². The van der Waals surface area contributed by atoms with E-state index in [2.05, 4.69) is 0 Å². The predicted molar refractivity (Wildman–Crippen MR) is 80.1 cm³/mol. The minimum atomic E-state index is -0.656. The highest BCUT2D eigenvalue weighted by atomic mass is 35.5. The summed E-state index contributed by atoms with van der Waals surface area (Å²) in [7, 11) is 0. The summed E-state index contributed by atoms with van der Waals surface area (Å²) < 4.78 is 27.7. The first kappa shape index (κ1) is 14.5. The lowest BCUT2D eigenvalue weighted by Crippen LogP contribution is -2.29. The molecule has 2 nitrogen and oxygen atoms in total. The van der Waals surface area contributed by atoms with Crippen LogP contribution >= 0.6 is 22.9 Å². The van der Waals surface area contributed by atoms with E-state index in [0.717, 1.165) is 10.9 Å². The Hall–Kier alpha value is -1.46. The second-order valence-electron chi connectivity index (χ2n) is 4.89. The average molecular weight is 328 g/mol. The normalized spacial score (nSPS) is 13.6. The molecule has 0 saturated heterocycles. The maximum atomic E-state index is 13.7. The van der Waals surface area contributed by atoms with E-state index in [1.165, 1.54) is 22.3 Å². The number of carbonyl (C=O) groups is 1. The van der Waals surface area contributed by atoms with E-state index in [4.69, 9.17) is 11.6 Å². The van der Waals surface area contributed by atoms with Crippen LogP contribution in [0.3, 0.4) is 0 Å². The van der Waals surface area contributed by atoms with E-state index >= 15 is 0 Å². The molecule has 0 N–H and O–H groups in total. The topological polar surface area (TPSA) is 20.3 Å². The van der Waals surface area contributed by atoms with Gasteiger partial charge in [0.05, 0.1) is 10.0 Å². The molecule has 1 aromatic heterocycles. The number of benzene rings is 1. The zero-order valence-electron chi connectivity index (χ0n) is 11.0. The number of halogens is 3. The number of aryl methyl sites for hydroxylation is 1. The molecule has 0 saturated carbocycles. The molecule has 0 unspecified atom stereocenters. The van der Waals surface area contributed by atoms with Gasteiger partial charge in [-0.05, 0) is 31.0 Å². The third kappa shape index (κ3) is 2.94. The van der Waals surface area contributed by atoms with Crippen molar-refractivity contribution < 1.29 is 13.6 Å². The van der Waals surface area contributed by atoms with Crippen molar-refractivity contribution in [3.8, 4) is 0 Å². The molecule has 1 aliphatic heterocycles. The molecule has 0 fully saturated rings. The van der Waals surface area contributed by atoms with Crippen LogP contribution in [0.15, 0.2) is 24.3 Å². The van der Waals surface area contributed by atoms with E-state index in [1.54, 1.807) is 6.07 Å². The molecule has 0 radical (unpaired) electrons. The van der Waals surface area contributed by atoms with Gasteiger partial charge in [-0.1, -0.05) is 11.6 Å². The smallest absolute Gasteiger partial charge is 0.227 e. The molecule has 21 heavy (non-hydrogen) atoms. The van der Waals surface area contributed by atoms with Gasteiger partial charge in [0.15, 0.2) is 0 Å². The van der Waals surface area contributed by atoms with Crippen molar-refractivity contribution in [2.45, 2.75) is 19.3 Å². The first-order valence-corrected chi connectivity index (χ1v) is 7.76. The number of fused-ring (bicyclic) bond motifs is 1. The Morgan fingerprint density at radius 1 is 1.33 bits per heavy atom. The van der Waals surface area contributed by atoms with E-state index in [0.29, 0.717) is 41.4 Å². The number of carbonyl (C=O) groups excluding carboxylic acids is 1. The van der Waals surface area contributed by atoms with Gasteiger partial charge in [0.1, 0.15) is 11.6 Å². The summed E-state index contributed by atoms with van der Waals surface area (Å²) in [4.78, 5) is 14.8. The average Bonchev–Trinajstić information content (AvgIpc) is 3.02. The summed E-state index contributed by atoms with van der Waals surface area (Å²) in [6.45, 7) is 0.403. The molecule has 0 aliphatic carbocycles. The van der Waals surface area contributed by atoms with Crippen molar-refractivity contribution in [1.29, 1.82) is 0 Å². The SMILES string of the molecule is O=C(CCc1ccc(Cl)s1)N1CCc2c(F)cc(F)cc21. The first-order chi connectivity index (χ1) is 10.0. The molecule has 0 bridgehead atoms. The van der Waals surface area contributed by atoms with Crippen molar-refractivity contribution >= 4 is 34.5 Å². The number of amides is 1. The Morgan fingerprint density at radius 2 is 2.14 bits per heavy atom. The van der Waals surface area contributed by atoms with Crippen LogP contribution in [0.25, 0.3) is 0 Å². The highest BCUT2D eigenvalue weighted by Crippen LogP contribution is 2.32. The van der Waals surface area contributed by atoms with Crippen LogP contribution in [0.1, 0.15) is 16.9 Å². The van der Waals surface area contributed by atoms with Crippen LogP contribution in [0.5, 0.6) is 0 Å². The van der Waals surface area contributed by atoms with E-state index in [-0.39, 0.29) is 5.91 Å².